The van der Waals surface area contributed by atoms with Crippen LogP contribution < -0.4 is 11.3 Å². The Morgan fingerprint density at radius 2 is 2.29 bits per heavy atom. The largest absolute Gasteiger partial charge is 0.271 e. The average Bonchev–Trinajstić information content (AvgIpc) is 2.44. The summed E-state index contributed by atoms with van der Waals surface area (Å²) in [7, 11) is 1.91. The topological polar surface area (TPSA) is 55.9 Å². The van der Waals surface area contributed by atoms with Gasteiger partial charge in [-0.25, -0.2) is 0 Å². The summed E-state index contributed by atoms with van der Waals surface area (Å²) < 4.78 is 1.83. The van der Waals surface area contributed by atoms with Gasteiger partial charge in [-0.05, 0) is 13.3 Å². The summed E-state index contributed by atoms with van der Waals surface area (Å²) in [4.78, 5) is 0. The first kappa shape index (κ1) is 11.5. The van der Waals surface area contributed by atoms with Crippen LogP contribution in [0.25, 0.3) is 0 Å². The van der Waals surface area contributed by atoms with Gasteiger partial charge in [-0.1, -0.05) is 18.5 Å². The molecule has 1 aromatic rings. The molecule has 0 amide bonds. The third-order valence-electron chi connectivity index (χ3n) is 2.29. The number of halogens is 1. The van der Waals surface area contributed by atoms with Crippen LogP contribution in [0.15, 0.2) is 0 Å². The number of hydrazine groups is 1. The summed E-state index contributed by atoms with van der Waals surface area (Å²) in [5, 5.41) is 5.11. The van der Waals surface area contributed by atoms with E-state index in [0.29, 0.717) is 0 Å². The lowest BCUT2D eigenvalue weighted by atomic mass is 10.1. The monoisotopic (exact) mass is 216 g/mol. The summed E-state index contributed by atoms with van der Waals surface area (Å²) in [5.41, 5.74) is 4.68. The van der Waals surface area contributed by atoms with Crippen LogP contribution in [0.4, 0.5) is 0 Å². The molecule has 1 atom stereocenters. The molecule has 1 heterocycles. The lowest BCUT2D eigenvalue weighted by molar-refractivity contribution is 0.544. The van der Waals surface area contributed by atoms with Crippen LogP contribution in [0, 0.1) is 0 Å². The molecule has 0 saturated carbocycles. The predicted molar refractivity (Wildman–Crippen MR) is 58.1 cm³/mol. The van der Waals surface area contributed by atoms with Crippen molar-refractivity contribution in [3.05, 3.63) is 16.4 Å². The normalized spacial score (nSPS) is 13.2. The van der Waals surface area contributed by atoms with Gasteiger partial charge < -0.3 is 0 Å². The Morgan fingerprint density at radius 1 is 1.64 bits per heavy atom. The standard InChI is InChI=1S/C9H17ClN4/c1-4-7-9(10)8(14(3)13-7)5-6(2)12-11/h6,12H,4-5,11H2,1-3H3. The van der Waals surface area contributed by atoms with E-state index in [4.69, 9.17) is 17.4 Å². The number of aryl methyl sites for hydroxylation is 2. The number of nitrogens with two attached hydrogens (primary N) is 1. The fourth-order valence-electron chi connectivity index (χ4n) is 1.39. The van der Waals surface area contributed by atoms with Gasteiger partial charge in [-0.2, -0.15) is 5.10 Å². The second-order valence-electron chi connectivity index (χ2n) is 3.46. The first-order valence-electron chi connectivity index (χ1n) is 4.76. The lowest BCUT2D eigenvalue weighted by Crippen LogP contribution is -2.34. The Bertz CT molecular complexity index is 308. The summed E-state index contributed by atoms with van der Waals surface area (Å²) in [5.74, 6) is 5.34. The Labute approximate surface area is 89.4 Å². The van der Waals surface area contributed by atoms with Crippen molar-refractivity contribution in [1.82, 2.24) is 15.2 Å². The molecule has 0 radical (unpaired) electrons. The van der Waals surface area contributed by atoms with Crippen LogP contribution in [0.3, 0.4) is 0 Å². The van der Waals surface area contributed by atoms with Crippen LogP contribution in [-0.4, -0.2) is 15.8 Å². The maximum atomic E-state index is 6.18. The maximum Gasteiger partial charge on any atom is 0.0850 e. The molecule has 1 aromatic heterocycles. The van der Waals surface area contributed by atoms with Crippen molar-refractivity contribution in [3.8, 4) is 0 Å². The van der Waals surface area contributed by atoms with Gasteiger partial charge in [-0.3, -0.25) is 16.0 Å². The van der Waals surface area contributed by atoms with E-state index in [-0.39, 0.29) is 6.04 Å². The number of hydrogen-bond acceptors (Lipinski definition) is 3. The fraction of sp³-hybridized carbons (Fsp3) is 0.667. The van der Waals surface area contributed by atoms with E-state index in [1.807, 2.05) is 25.6 Å². The molecule has 0 bridgehead atoms. The highest BCUT2D eigenvalue weighted by molar-refractivity contribution is 6.31. The Morgan fingerprint density at radius 3 is 2.71 bits per heavy atom. The minimum Gasteiger partial charge on any atom is -0.271 e. The molecule has 4 nitrogen and oxygen atoms in total. The van der Waals surface area contributed by atoms with Crippen LogP contribution in [-0.2, 0) is 19.9 Å². The third kappa shape index (κ3) is 2.26. The zero-order chi connectivity index (χ0) is 10.7. The fourth-order valence-corrected chi connectivity index (χ4v) is 1.76. The highest BCUT2D eigenvalue weighted by Crippen LogP contribution is 2.21. The van der Waals surface area contributed by atoms with Gasteiger partial charge >= 0.3 is 0 Å². The second-order valence-corrected chi connectivity index (χ2v) is 3.83. The zero-order valence-electron chi connectivity index (χ0n) is 8.84. The minimum absolute atomic E-state index is 0.201. The van der Waals surface area contributed by atoms with Gasteiger partial charge in [-0.15, -0.1) is 0 Å². The number of hydrogen-bond donors (Lipinski definition) is 2. The van der Waals surface area contributed by atoms with E-state index in [2.05, 4.69) is 10.5 Å². The van der Waals surface area contributed by atoms with Gasteiger partial charge in [0.1, 0.15) is 0 Å². The molecule has 14 heavy (non-hydrogen) atoms. The Hall–Kier alpha value is -0.580. The van der Waals surface area contributed by atoms with Crippen LogP contribution >= 0.6 is 11.6 Å². The van der Waals surface area contributed by atoms with Crippen molar-refractivity contribution in [3.63, 3.8) is 0 Å². The molecule has 0 aliphatic carbocycles. The molecule has 0 saturated heterocycles. The molecule has 0 spiro atoms. The van der Waals surface area contributed by atoms with Crippen LogP contribution in [0.1, 0.15) is 25.2 Å². The van der Waals surface area contributed by atoms with Crippen LogP contribution in [0.2, 0.25) is 5.02 Å². The van der Waals surface area contributed by atoms with E-state index in [1.54, 1.807) is 0 Å². The molecule has 0 aliphatic rings. The summed E-state index contributed by atoms with van der Waals surface area (Å²) in [6.45, 7) is 4.05. The Balaban J connectivity index is 2.90. The Kier molecular flexibility index (Phi) is 3.92. The van der Waals surface area contributed by atoms with Crippen molar-refractivity contribution < 1.29 is 0 Å². The minimum atomic E-state index is 0.201. The van der Waals surface area contributed by atoms with Crippen molar-refractivity contribution >= 4 is 11.6 Å². The molecule has 0 aliphatic heterocycles. The number of aromatic nitrogens is 2. The molecule has 5 heteroatoms. The maximum absolute atomic E-state index is 6.18. The van der Waals surface area contributed by atoms with E-state index in [0.717, 1.165) is 29.3 Å². The number of rotatable bonds is 4. The number of nitrogens with zero attached hydrogens (tertiary/aromatic N) is 2. The van der Waals surface area contributed by atoms with Crippen molar-refractivity contribution in [2.45, 2.75) is 32.7 Å². The summed E-state index contributed by atoms with van der Waals surface area (Å²) in [6, 6.07) is 0.201. The molecule has 3 N–H and O–H groups in total. The molecular formula is C9H17ClN4. The first-order valence-corrected chi connectivity index (χ1v) is 5.14. The van der Waals surface area contributed by atoms with E-state index in [9.17, 15) is 0 Å². The van der Waals surface area contributed by atoms with Gasteiger partial charge in [0, 0.05) is 19.5 Å². The molecule has 0 aromatic carbocycles. The van der Waals surface area contributed by atoms with Crippen molar-refractivity contribution in [2.75, 3.05) is 0 Å². The smallest absolute Gasteiger partial charge is 0.0850 e. The molecule has 80 valence electrons. The van der Waals surface area contributed by atoms with Crippen molar-refractivity contribution in [2.24, 2.45) is 12.9 Å². The average molecular weight is 217 g/mol. The van der Waals surface area contributed by atoms with Gasteiger partial charge in [0.15, 0.2) is 0 Å². The lowest BCUT2D eigenvalue weighted by Gasteiger charge is -2.09. The molecular weight excluding hydrogens is 200 g/mol. The van der Waals surface area contributed by atoms with Crippen LogP contribution in [0.5, 0.6) is 0 Å². The highest BCUT2D eigenvalue weighted by Gasteiger charge is 2.14. The van der Waals surface area contributed by atoms with E-state index < -0.39 is 0 Å². The van der Waals surface area contributed by atoms with E-state index >= 15 is 0 Å². The zero-order valence-corrected chi connectivity index (χ0v) is 9.60. The number of nitrogens with one attached hydrogen (secondary N) is 1. The third-order valence-corrected chi connectivity index (χ3v) is 2.72. The highest BCUT2D eigenvalue weighted by atomic mass is 35.5. The second kappa shape index (κ2) is 4.77. The van der Waals surface area contributed by atoms with Gasteiger partial charge in [0.2, 0.25) is 0 Å². The van der Waals surface area contributed by atoms with Gasteiger partial charge in [0.05, 0.1) is 16.4 Å². The van der Waals surface area contributed by atoms with Gasteiger partial charge in [0.25, 0.3) is 0 Å². The quantitative estimate of drug-likeness (QED) is 0.584. The molecule has 0 fully saturated rings. The van der Waals surface area contributed by atoms with Crippen molar-refractivity contribution in [1.29, 1.82) is 0 Å². The first-order chi connectivity index (χ1) is 6.60. The molecule has 1 rings (SSSR count). The SMILES string of the molecule is CCc1nn(C)c(CC(C)NN)c1Cl. The summed E-state index contributed by atoms with van der Waals surface area (Å²) >= 11 is 6.18. The predicted octanol–water partition coefficient (Wildman–Crippen LogP) is 1.03. The van der Waals surface area contributed by atoms with E-state index in [1.165, 1.54) is 0 Å². The summed E-state index contributed by atoms with van der Waals surface area (Å²) in [6.07, 6.45) is 1.65. The molecule has 1 unspecified atom stereocenters.